The van der Waals surface area contributed by atoms with Crippen molar-refractivity contribution in [1.29, 1.82) is 0 Å². The van der Waals surface area contributed by atoms with Gasteiger partial charge in [-0.25, -0.2) is 9.18 Å². The lowest BCUT2D eigenvalue weighted by atomic mass is 10.1. The molecule has 4 heteroatoms. The van der Waals surface area contributed by atoms with Crippen molar-refractivity contribution in [3.05, 3.63) is 35.6 Å². The highest BCUT2D eigenvalue weighted by Gasteiger charge is 2.46. The standard InChI is InChI=1S/C14H19FN2O/c1-3-17(4-2)13(18)16-14(9-10-14)11-5-7-12(15)8-6-11/h5-8H,3-4,9-10H2,1-2H3,(H,16,18). The molecule has 0 aliphatic heterocycles. The van der Waals surface area contributed by atoms with Crippen molar-refractivity contribution in [3.63, 3.8) is 0 Å². The van der Waals surface area contributed by atoms with E-state index >= 15 is 0 Å². The molecule has 0 unspecified atom stereocenters. The minimum Gasteiger partial charge on any atom is -0.328 e. The smallest absolute Gasteiger partial charge is 0.318 e. The Morgan fingerprint density at radius 3 is 2.28 bits per heavy atom. The molecule has 18 heavy (non-hydrogen) atoms. The first-order valence-corrected chi connectivity index (χ1v) is 6.44. The Hall–Kier alpha value is -1.58. The summed E-state index contributed by atoms with van der Waals surface area (Å²) in [5, 5.41) is 3.07. The number of benzene rings is 1. The van der Waals surface area contributed by atoms with Crippen LogP contribution in [0.15, 0.2) is 24.3 Å². The molecule has 0 saturated heterocycles. The van der Waals surface area contributed by atoms with Crippen molar-refractivity contribution >= 4 is 6.03 Å². The van der Waals surface area contributed by atoms with Gasteiger partial charge in [0.15, 0.2) is 0 Å². The quantitative estimate of drug-likeness (QED) is 0.875. The SMILES string of the molecule is CCN(CC)C(=O)NC1(c2ccc(F)cc2)CC1. The summed E-state index contributed by atoms with van der Waals surface area (Å²) in [5.74, 6) is -0.246. The summed E-state index contributed by atoms with van der Waals surface area (Å²) < 4.78 is 12.9. The topological polar surface area (TPSA) is 32.3 Å². The van der Waals surface area contributed by atoms with Gasteiger partial charge in [0.05, 0.1) is 5.54 Å². The zero-order valence-electron chi connectivity index (χ0n) is 10.9. The second-order valence-electron chi connectivity index (χ2n) is 4.69. The highest BCUT2D eigenvalue weighted by Crippen LogP contribution is 2.45. The predicted octanol–water partition coefficient (Wildman–Crippen LogP) is 2.87. The zero-order chi connectivity index (χ0) is 13.2. The molecule has 1 N–H and O–H groups in total. The molecule has 0 atom stereocenters. The van der Waals surface area contributed by atoms with Crippen LogP contribution >= 0.6 is 0 Å². The van der Waals surface area contributed by atoms with E-state index in [1.165, 1.54) is 12.1 Å². The van der Waals surface area contributed by atoms with E-state index in [4.69, 9.17) is 0 Å². The van der Waals surface area contributed by atoms with Gasteiger partial charge in [0.25, 0.3) is 0 Å². The summed E-state index contributed by atoms with van der Waals surface area (Å²) in [6.07, 6.45) is 1.84. The van der Waals surface area contributed by atoms with Crippen LogP contribution in [0.1, 0.15) is 32.3 Å². The molecule has 0 spiro atoms. The Kier molecular flexibility index (Phi) is 3.55. The van der Waals surface area contributed by atoms with E-state index < -0.39 is 0 Å². The van der Waals surface area contributed by atoms with Gasteiger partial charge < -0.3 is 10.2 Å². The van der Waals surface area contributed by atoms with Gasteiger partial charge in [-0.1, -0.05) is 12.1 Å². The van der Waals surface area contributed by atoms with Crippen LogP contribution in [0.3, 0.4) is 0 Å². The lowest BCUT2D eigenvalue weighted by molar-refractivity contribution is 0.197. The molecular weight excluding hydrogens is 231 g/mol. The fraction of sp³-hybridized carbons (Fsp3) is 0.500. The van der Waals surface area contributed by atoms with E-state index in [-0.39, 0.29) is 17.4 Å². The number of hydrogen-bond acceptors (Lipinski definition) is 1. The molecule has 0 heterocycles. The number of halogens is 1. The molecule has 1 fully saturated rings. The van der Waals surface area contributed by atoms with Crippen LogP contribution in [0.4, 0.5) is 9.18 Å². The third kappa shape index (κ3) is 2.47. The van der Waals surface area contributed by atoms with Crippen LogP contribution in [0.2, 0.25) is 0 Å². The molecule has 98 valence electrons. The molecule has 1 aromatic rings. The molecule has 1 aliphatic rings. The normalized spacial score (nSPS) is 16.2. The van der Waals surface area contributed by atoms with Crippen molar-refractivity contribution in [2.45, 2.75) is 32.2 Å². The predicted molar refractivity (Wildman–Crippen MR) is 68.8 cm³/mol. The highest BCUT2D eigenvalue weighted by molar-refractivity contribution is 5.76. The van der Waals surface area contributed by atoms with Crippen LogP contribution in [-0.2, 0) is 5.54 Å². The molecule has 2 amide bonds. The first kappa shape index (κ1) is 12.9. The summed E-state index contributed by atoms with van der Waals surface area (Å²) in [6, 6.07) is 6.36. The lowest BCUT2D eigenvalue weighted by Gasteiger charge is -2.24. The molecule has 1 aromatic carbocycles. The van der Waals surface area contributed by atoms with E-state index in [1.54, 1.807) is 17.0 Å². The van der Waals surface area contributed by atoms with E-state index in [2.05, 4.69) is 5.32 Å². The average molecular weight is 250 g/mol. The molecule has 1 aliphatic carbocycles. The van der Waals surface area contributed by atoms with Crippen molar-refractivity contribution in [1.82, 2.24) is 10.2 Å². The third-order valence-corrected chi connectivity index (χ3v) is 3.54. The summed E-state index contributed by atoms with van der Waals surface area (Å²) in [6.45, 7) is 5.31. The summed E-state index contributed by atoms with van der Waals surface area (Å²) in [7, 11) is 0. The van der Waals surface area contributed by atoms with Crippen LogP contribution < -0.4 is 5.32 Å². The van der Waals surface area contributed by atoms with Crippen molar-refractivity contribution < 1.29 is 9.18 Å². The molecule has 1 saturated carbocycles. The molecule has 2 rings (SSSR count). The van der Waals surface area contributed by atoms with Gasteiger partial charge in [-0.3, -0.25) is 0 Å². The zero-order valence-corrected chi connectivity index (χ0v) is 10.9. The maximum Gasteiger partial charge on any atom is 0.318 e. The second-order valence-corrected chi connectivity index (χ2v) is 4.69. The Morgan fingerprint density at radius 2 is 1.83 bits per heavy atom. The Balaban J connectivity index is 2.08. The fourth-order valence-corrected chi connectivity index (χ4v) is 2.17. The van der Waals surface area contributed by atoms with Gasteiger partial charge >= 0.3 is 6.03 Å². The van der Waals surface area contributed by atoms with Crippen molar-refractivity contribution in [2.24, 2.45) is 0 Å². The van der Waals surface area contributed by atoms with Gasteiger partial charge in [-0.15, -0.1) is 0 Å². The number of rotatable bonds is 4. The van der Waals surface area contributed by atoms with Crippen molar-refractivity contribution in [2.75, 3.05) is 13.1 Å². The fourth-order valence-electron chi connectivity index (χ4n) is 2.17. The average Bonchev–Trinajstić information content (AvgIpc) is 3.12. The Morgan fingerprint density at radius 1 is 1.28 bits per heavy atom. The minimum atomic E-state index is -0.270. The summed E-state index contributed by atoms with van der Waals surface area (Å²) in [5.41, 5.74) is 0.720. The Labute approximate surface area is 107 Å². The molecule has 3 nitrogen and oxygen atoms in total. The van der Waals surface area contributed by atoms with Crippen LogP contribution in [0.5, 0.6) is 0 Å². The number of hydrogen-bond donors (Lipinski definition) is 1. The van der Waals surface area contributed by atoms with Gasteiger partial charge in [-0.05, 0) is 44.4 Å². The Bertz CT molecular complexity index is 422. The molecule has 0 aromatic heterocycles. The van der Waals surface area contributed by atoms with Crippen molar-refractivity contribution in [3.8, 4) is 0 Å². The van der Waals surface area contributed by atoms with Gasteiger partial charge in [0.2, 0.25) is 0 Å². The summed E-state index contributed by atoms with van der Waals surface area (Å²) in [4.78, 5) is 13.8. The number of amides is 2. The van der Waals surface area contributed by atoms with E-state index in [0.29, 0.717) is 13.1 Å². The van der Waals surface area contributed by atoms with E-state index in [1.807, 2.05) is 13.8 Å². The lowest BCUT2D eigenvalue weighted by Crippen LogP contribution is -2.44. The number of carbonyl (C=O) groups excluding carboxylic acids is 1. The van der Waals surface area contributed by atoms with E-state index in [0.717, 1.165) is 18.4 Å². The maximum absolute atomic E-state index is 12.9. The second kappa shape index (κ2) is 4.96. The van der Waals surface area contributed by atoms with Crippen LogP contribution in [0, 0.1) is 5.82 Å². The molecular formula is C14H19FN2O. The van der Waals surface area contributed by atoms with Crippen LogP contribution in [-0.4, -0.2) is 24.0 Å². The number of carbonyl (C=O) groups is 1. The van der Waals surface area contributed by atoms with Gasteiger partial charge in [0, 0.05) is 13.1 Å². The highest BCUT2D eigenvalue weighted by atomic mass is 19.1. The monoisotopic (exact) mass is 250 g/mol. The third-order valence-electron chi connectivity index (χ3n) is 3.54. The van der Waals surface area contributed by atoms with Gasteiger partial charge in [-0.2, -0.15) is 0 Å². The van der Waals surface area contributed by atoms with Crippen LogP contribution in [0.25, 0.3) is 0 Å². The largest absolute Gasteiger partial charge is 0.328 e. The number of urea groups is 1. The molecule has 0 radical (unpaired) electrons. The van der Waals surface area contributed by atoms with E-state index in [9.17, 15) is 9.18 Å². The first-order chi connectivity index (χ1) is 8.61. The summed E-state index contributed by atoms with van der Waals surface area (Å²) >= 11 is 0. The molecule has 0 bridgehead atoms. The first-order valence-electron chi connectivity index (χ1n) is 6.44. The van der Waals surface area contributed by atoms with Gasteiger partial charge in [0.1, 0.15) is 5.82 Å². The maximum atomic E-state index is 12.9. The number of nitrogens with one attached hydrogen (secondary N) is 1. The number of nitrogens with zero attached hydrogens (tertiary/aromatic N) is 1. The minimum absolute atomic E-state index is 0.0400.